The molecule has 0 unspecified atom stereocenters. The molecule has 6 heteroatoms. The Morgan fingerprint density at radius 1 is 1.00 bits per heavy atom. The Bertz CT molecular complexity index is 880. The van der Waals surface area contributed by atoms with Gasteiger partial charge in [-0.25, -0.2) is 13.1 Å². The summed E-state index contributed by atoms with van der Waals surface area (Å²) >= 11 is 0. The van der Waals surface area contributed by atoms with Gasteiger partial charge >= 0.3 is 0 Å². The van der Waals surface area contributed by atoms with Crippen LogP contribution in [0, 0.1) is 20.8 Å². The van der Waals surface area contributed by atoms with Gasteiger partial charge in [-0.2, -0.15) is 0 Å². The van der Waals surface area contributed by atoms with Crippen molar-refractivity contribution in [1.82, 2.24) is 4.72 Å². The van der Waals surface area contributed by atoms with Crippen molar-refractivity contribution in [2.75, 3.05) is 26.3 Å². The van der Waals surface area contributed by atoms with E-state index in [4.69, 9.17) is 4.74 Å². The molecule has 1 aliphatic heterocycles. The highest BCUT2D eigenvalue weighted by molar-refractivity contribution is 7.89. The second kappa shape index (κ2) is 8.52. The number of hydrogen-bond acceptors (Lipinski definition) is 3. The van der Waals surface area contributed by atoms with Crippen LogP contribution >= 0.6 is 0 Å². The molecule has 0 saturated carbocycles. The number of rotatable bonds is 6. The molecule has 1 aliphatic rings. The third-order valence-corrected chi connectivity index (χ3v) is 6.79. The van der Waals surface area contributed by atoms with Crippen LogP contribution in [-0.2, 0) is 27.8 Å². The fraction of sp³-hybridized carbons (Fsp3) is 0.429. The maximum atomic E-state index is 12.9. The van der Waals surface area contributed by atoms with E-state index in [-0.39, 0.29) is 0 Å². The van der Waals surface area contributed by atoms with E-state index in [0.29, 0.717) is 11.4 Å². The monoisotopic (exact) mass is 389 g/mol. The summed E-state index contributed by atoms with van der Waals surface area (Å²) in [6.45, 7) is 10.4. The van der Waals surface area contributed by atoms with Gasteiger partial charge in [0, 0.05) is 12.1 Å². The van der Waals surface area contributed by atoms with Gasteiger partial charge in [0.25, 0.3) is 0 Å². The van der Waals surface area contributed by atoms with Gasteiger partial charge in [0.15, 0.2) is 0 Å². The van der Waals surface area contributed by atoms with E-state index in [9.17, 15) is 8.42 Å². The summed E-state index contributed by atoms with van der Waals surface area (Å²) in [5.41, 5.74) is 4.86. The molecule has 0 amide bonds. The van der Waals surface area contributed by atoms with E-state index >= 15 is 0 Å². The molecule has 0 bridgehead atoms. The van der Waals surface area contributed by atoms with Crippen LogP contribution in [0.15, 0.2) is 41.3 Å². The molecule has 1 saturated heterocycles. The molecule has 3 rings (SSSR count). The second-order valence-electron chi connectivity index (χ2n) is 7.36. The molecule has 1 fully saturated rings. The average Bonchev–Trinajstić information content (AvgIpc) is 2.61. The van der Waals surface area contributed by atoms with Gasteiger partial charge in [0.2, 0.25) is 10.0 Å². The Balaban J connectivity index is 1.76. The summed E-state index contributed by atoms with van der Waals surface area (Å²) in [6, 6.07) is 11.9. The van der Waals surface area contributed by atoms with Crippen LogP contribution in [0.1, 0.15) is 27.8 Å². The van der Waals surface area contributed by atoms with Crippen LogP contribution in [0.5, 0.6) is 0 Å². The van der Waals surface area contributed by atoms with Crippen molar-refractivity contribution in [2.45, 2.75) is 38.8 Å². The van der Waals surface area contributed by atoms with Crippen molar-refractivity contribution in [3.63, 3.8) is 0 Å². The third kappa shape index (κ3) is 4.96. The average molecular weight is 390 g/mol. The molecule has 0 spiro atoms. The molecular formula is C21H29N2O3S+. The van der Waals surface area contributed by atoms with Gasteiger partial charge < -0.3 is 9.64 Å². The molecular weight excluding hydrogens is 360 g/mol. The molecule has 2 aromatic rings. The predicted octanol–water partition coefficient (Wildman–Crippen LogP) is 1.51. The number of aryl methyl sites for hydroxylation is 3. The number of ether oxygens (including phenoxy) is 1. The van der Waals surface area contributed by atoms with Crippen LogP contribution in [0.2, 0.25) is 0 Å². The zero-order chi connectivity index (χ0) is 19.4. The van der Waals surface area contributed by atoms with Crippen LogP contribution in [-0.4, -0.2) is 34.7 Å². The minimum Gasteiger partial charge on any atom is -0.370 e. The van der Waals surface area contributed by atoms with E-state index in [2.05, 4.69) is 10.8 Å². The SMILES string of the molecule is Cc1cc(C)c(S(=O)(=O)NCc2ccccc2C[NH+]2CCOCC2)c(C)c1. The lowest BCUT2D eigenvalue weighted by molar-refractivity contribution is -0.921. The Morgan fingerprint density at radius 3 is 2.22 bits per heavy atom. The summed E-state index contributed by atoms with van der Waals surface area (Å²) in [4.78, 5) is 1.87. The third-order valence-electron chi connectivity index (χ3n) is 5.08. The molecule has 146 valence electrons. The molecule has 2 N–H and O–H groups in total. The highest BCUT2D eigenvalue weighted by atomic mass is 32.2. The van der Waals surface area contributed by atoms with E-state index in [1.54, 1.807) is 0 Å². The molecule has 2 aromatic carbocycles. The number of benzene rings is 2. The highest BCUT2D eigenvalue weighted by Gasteiger charge is 2.21. The minimum atomic E-state index is -3.56. The first-order valence-electron chi connectivity index (χ1n) is 9.42. The number of hydrogen-bond donors (Lipinski definition) is 2. The lowest BCUT2D eigenvalue weighted by atomic mass is 10.1. The van der Waals surface area contributed by atoms with Crippen molar-refractivity contribution in [2.24, 2.45) is 0 Å². The Hall–Kier alpha value is -1.73. The number of nitrogens with one attached hydrogen (secondary N) is 2. The minimum absolute atomic E-state index is 0.301. The lowest BCUT2D eigenvalue weighted by Crippen LogP contribution is -3.12. The predicted molar refractivity (Wildman–Crippen MR) is 106 cm³/mol. The largest absolute Gasteiger partial charge is 0.370 e. The second-order valence-corrected chi connectivity index (χ2v) is 9.06. The Labute approximate surface area is 162 Å². The molecule has 27 heavy (non-hydrogen) atoms. The van der Waals surface area contributed by atoms with Crippen LogP contribution < -0.4 is 9.62 Å². The van der Waals surface area contributed by atoms with Gasteiger partial charge in [0.1, 0.15) is 19.6 Å². The highest BCUT2D eigenvalue weighted by Crippen LogP contribution is 2.22. The molecule has 0 radical (unpaired) electrons. The zero-order valence-electron chi connectivity index (χ0n) is 16.3. The maximum absolute atomic E-state index is 12.9. The summed E-state index contributed by atoms with van der Waals surface area (Å²) in [6.07, 6.45) is 0. The Kier molecular flexibility index (Phi) is 6.32. The topological polar surface area (TPSA) is 59.8 Å². The van der Waals surface area contributed by atoms with Crippen LogP contribution in [0.25, 0.3) is 0 Å². The smallest absolute Gasteiger partial charge is 0.241 e. The number of sulfonamides is 1. The molecule has 0 aromatic heterocycles. The maximum Gasteiger partial charge on any atom is 0.241 e. The van der Waals surface area contributed by atoms with E-state index in [0.717, 1.165) is 55.1 Å². The van der Waals surface area contributed by atoms with Gasteiger partial charge in [0.05, 0.1) is 18.1 Å². The quantitative estimate of drug-likeness (QED) is 0.787. The molecule has 0 aliphatic carbocycles. The lowest BCUT2D eigenvalue weighted by Gasteiger charge is -2.24. The van der Waals surface area contributed by atoms with Crippen LogP contribution in [0.3, 0.4) is 0 Å². The van der Waals surface area contributed by atoms with Crippen molar-refractivity contribution >= 4 is 10.0 Å². The summed E-state index contributed by atoms with van der Waals surface area (Å²) in [7, 11) is -3.56. The standard InChI is InChI=1S/C21H28N2O3S/c1-16-12-17(2)21(18(3)13-16)27(24,25)22-14-19-6-4-5-7-20(19)15-23-8-10-26-11-9-23/h4-7,12-13,22H,8-11,14-15H2,1-3H3/p+1. The van der Waals surface area contributed by atoms with E-state index in [1.807, 2.05) is 51.1 Å². The Morgan fingerprint density at radius 2 is 1.59 bits per heavy atom. The van der Waals surface area contributed by atoms with Gasteiger partial charge in [-0.15, -0.1) is 0 Å². The first kappa shape index (κ1) is 20.0. The molecule has 0 atom stereocenters. The normalized spacial score (nSPS) is 15.8. The first-order valence-corrected chi connectivity index (χ1v) is 10.9. The summed E-state index contributed by atoms with van der Waals surface area (Å²) in [5, 5.41) is 0. The van der Waals surface area contributed by atoms with Gasteiger partial charge in [-0.05, 0) is 37.5 Å². The van der Waals surface area contributed by atoms with Gasteiger partial charge in [-0.3, -0.25) is 0 Å². The fourth-order valence-corrected chi connectivity index (χ4v) is 5.30. The van der Waals surface area contributed by atoms with E-state index < -0.39 is 10.0 Å². The molecule has 1 heterocycles. The van der Waals surface area contributed by atoms with Crippen molar-refractivity contribution in [1.29, 1.82) is 0 Å². The first-order chi connectivity index (χ1) is 12.9. The van der Waals surface area contributed by atoms with Crippen LogP contribution in [0.4, 0.5) is 0 Å². The number of quaternary nitrogens is 1. The zero-order valence-corrected chi connectivity index (χ0v) is 17.2. The fourth-order valence-electron chi connectivity index (χ4n) is 3.84. The van der Waals surface area contributed by atoms with Crippen molar-refractivity contribution in [3.05, 3.63) is 64.2 Å². The molecule has 5 nitrogen and oxygen atoms in total. The van der Waals surface area contributed by atoms with Crippen molar-refractivity contribution < 1.29 is 18.1 Å². The number of morpholine rings is 1. The van der Waals surface area contributed by atoms with Crippen molar-refractivity contribution in [3.8, 4) is 0 Å². The van der Waals surface area contributed by atoms with E-state index in [1.165, 1.54) is 10.5 Å². The summed E-state index contributed by atoms with van der Waals surface area (Å²) < 4.78 is 34.1. The summed E-state index contributed by atoms with van der Waals surface area (Å²) in [5.74, 6) is 0. The van der Waals surface area contributed by atoms with Gasteiger partial charge in [-0.1, -0.05) is 42.0 Å².